The van der Waals surface area contributed by atoms with E-state index in [4.69, 9.17) is 5.11 Å². The average Bonchev–Trinajstić information content (AvgIpc) is 2.20. The second-order valence-corrected chi connectivity index (χ2v) is 4.19. The number of carboxylic acids is 1. The van der Waals surface area contributed by atoms with E-state index in [1.807, 2.05) is 12.1 Å². The van der Waals surface area contributed by atoms with E-state index in [0.717, 1.165) is 16.2 Å². The van der Waals surface area contributed by atoms with Crippen LogP contribution < -0.4 is 0 Å². The minimum atomic E-state index is -0.868. The number of benzene rings is 1. The Morgan fingerprint density at radius 3 is 2.36 bits per heavy atom. The fourth-order valence-corrected chi connectivity index (χ4v) is 3.03. The second-order valence-electron chi connectivity index (χ2n) is 2.90. The third-order valence-electron chi connectivity index (χ3n) is 2.00. The van der Waals surface area contributed by atoms with Crippen LogP contribution in [-0.2, 0) is 0 Å². The predicted octanol–water partition coefficient (Wildman–Crippen LogP) is 3.26. The van der Waals surface area contributed by atoms with Gasteiger partial charge in [-0.3, -0.25) is 0 Å². The Morgan fingerprint density at radius 2 is 1.86 bits per heavy atom. The third kappa shape index (κ3) is 2.58. The molecule has 4 heteroatoms. The minimum absolute atomic E-state index is 0.197. The molecule has 0 aliphatic heterocycles. The van der Waals surface area contributed by atoms with Gasteiger partial charge in [-0.2, -0.15) is 0 Å². The zero-order valence-electron chi connectivity index (χ0n) is 7.41. The number of alkyl halides is 2. The summed E-state index contributed by atoms with van der Waals surface area (Å²) in [5.41, 5.74) is 1.25. The van der Waals surface area contributed by atoms with Crippen molar-refractivity contribution in [1.29, 1.82) is 0 Å². The molecular weight excluding hydrogens is 312 g/mol. The van der Waals surface area contributed by atoms with Gasteiger partial charge in [0.25, 0.3) is 0 Å². The number of carbonyl (C=O) groups is 1. The van der Waals surface area contributed by atoms with E-state index in [-0.39, 0.29) is 5.92 Å². The van der Waals surface area contributed by atoms with Crippen LogP contribution in [0.25, 0.3) is 0 Å². The largest absolute Gasteiger partial charge is 0.478 e. The molecule has 1 rings (SSSR count). The van der Waals surface area contributed by atoms with Crippen molar-refractivity contribution in [3.63, 3.8) is 0 Å². The zero-order chi connectivity index (χ0) is 10.6. The standard InChI is InChI=1S/C10H10Br2O2/c11-5-7(6-12)8-3-1-2-4-9(8)10(13)14/h1-4,7H,5-6H2,(H,13,14). The van der Waals surface area contributed by atoms with Gasteiger partial charge >= 0.3 is 5.97 Å². The van der Waals surface area contributed by atoms with Gasteiger partial charge < -0.3 is 5.11 Å². The number of aromatic carboxylic acids is 1. The highest BCUT2D eigenvalue weighted by Gasteiger charge is 2.16. The highest BCUT2D eigenvalue weighted by Crippen LogP contribution is 2.24. The Hall–Kier alpha value is -0.350. The molecule has 0 heterocycles. The van der Waals surface area contributed by atoms with E-state index in [0.29, 0.717) is 5.56 Å². The second kappa shape index (κ2) is 5.51. The Labute approximate surface area is 99.6 Å². The van der Waals surface area contributed by atoms with Gasteiger partial charge in [-0.1, -0.05) is 50.1 Å². The molecule has 76 valence electrons. The van der Waals surface area contributed by atoms with Crippen LogP contribution in [0.5, 0.6) is 0 Å². The molecule has 0 fully saturated rings. The van der Waals surface area contributed by atoms with Gasteiger partial charge in [-0.25, -0.2) is 4.79 Å². The molecule has 0 aromatic heterocycles. The molecule has 0 radical (unpaired) electrons. The molecule has 0 bridgehead atoms. The highest BCUT2D eigenvalue weighted by atomic mass is 79.9. The summed E-state index contributed by atoms with van der Waals surface area (Å²) in [6.45, 7) is 0. The molecular formula is C10H10Br2O2. The summed E-state index contributed by atoms with van der Waals surface area (Å²) in [6.07, 6.45) is 0. The van der Waals surface area contributed by atoms with Gasteiger partial charge in [0.2, 0.25) is 0 Å². The normalized spacial score (nSPS) is 10.5. The van der Waals surface area contributed by atoms with E-state index < -0.39 is 5.97 Å². The van der Waals surface area contributed by atoms with E-state index in [1.165, 1.54) is 0 Å². The fourth-order valence-electron chi connectivity index (χ4n) is 1.26. The average molecular weight is 322 g/mol. The first kappa shape index (κ1) is 11.7. The molecule has 2 nitrogen and oxygen atoms in total. The van der Waals surface area contributed by atoms with Crippen LogP contribution >= 0.6 is 31.9 Å². The van der Waals surface area contributed by atoms with E-state index in [2.05, 4.69) is 31.9 Å². The van der Waals surface area contributed by atoms with Crippen molar-refractivity contribution in [2.45, 2.75) is 5.92 Å². The van der Waals surface area contributed by atoms with Gasteiger partial charge in [0, 0.05) is 16.6 Å². The first-order valence-corrected chi connectivity index (χ1v) is 6.39. The predicted molar refractivity (Wildman–Crippen MR) is 63.7 cm³/mol. The number of hydrogen-bond acceptors (Lipinski definition) is 1. The first-order chi connectivity index (χ1) is 6.70. The Morgan fingerprint density at radius 1 is 1.29 bits per heavy atom. The Balaban J connectivity index is 3.11. The number of halogens is 2. The van der Waals surface area contributed by atoms with Gasteiger partial charge in [-0.15, -0.1) is 0 Å². The molecule has 0 unspecified atom stereocenters. The Bertz CT molecular complexity index is 322. The van der Waals surface area contributed by atoms with Gasteiger partial charge in [0.1, 0.15) is 0 Å². The quantitative estimate of drug-likeness (QED) is 0.864. The van der Waals surface area contributed by atoms with Crippen molar-refractivity contribution in [1.82, 2.24) is 0 Å². The first-order valence-electron chi connectivity index (χ1n) is 4.14. The summed E-state index contributed by atoms with van der Waals surface area (Å²) >= 11 is 6.75. The highest BCUT2D eigenvalue weighted by molar-refractivity contribution is 9.09. The number of rotatable bonds is 4. The smallest absolute Gasteiger partial charge is 0.335 e. The van der Waals surface area contributed by atoms with Crippen LogP contribution in [0, 0.1) is 0 Å². The summed E-state index contributed by atoms with van der Waals surface area (Å²) < 4.78 is 0. The SMILES string of the molecule is O=C(O)c1ccccc1C(CBr)CBr. The Kier molecular flexibility index (Phi) is 4.62. The molecule has 0 atom stereocenters. The van der Waals surface area contributed by atoms with Gasteiger partial charge in [0.15, 0.2) is 0 Å². The molecule has 1 N–H and O–H groups in total. The summed E-state index contributed by atoms with van der Waals surface area (Å²) in [6, 6.07) is 7.10. The molecule has 0 saturated heterocycles. The lowest BCUT2D eigenvalue weighted by atomic mass is 9.97. The molecule has 1 aromatic rings. The molecule has 1 aromatic carbocycles. The summed E-state index contributed by atoms with van der Waals surface area (Å²) in [5, 5.41) is 10.5. The van der Waals surface area contributed by atoms with Crippen LogP contribution in [0.3, 0.4) is 0 Å². The maximum absolute atomic E-state index is 10.9. The zero-order valence-corrected chi connectivity index (χ0v) is 10.6. The maximum atomic E-state index is 10.9. The maximum Gasteiger partial charge on any atom is 0.335 e. The lowest BCUT2D eigenvalue weighted by Gasteiger charge is -2.13. The summed E-state index contributed by atoms with van der Waals surface area (Å²) in [7, 11) is 0. The van der Waals surface area contributed by atoms with Crippen molar-refractivity contribution in [3.8, 4) is 0 Å². The molecule has 14 heavy (non-hydrogen) atoms. The minimum Gasteiger partial charge on any atom is -0.478 e. The van der Waals surface area contributed by atoms with Crippen molar-refractivity contribution in [2.75, 3.05) is 10.7 Å². The van der Waals surface area contributed by atoms with Crippen molar-refractivity contribution >= 4 is 37.8 Å². The van der Waals surface area contributed by atoms with Crippen LogP contribution in [-0.4, -0.2) is 21.7 Å². The molecule has 0 saturated carbocycles. The monoisotopic (exact) mass is 320 g/mol. The van der Waals surface area contributed by atoms with Crippen LogP contribution in [0.1, 0.15) is 21.8 Å². The van der Waals surface area contributed by atoms with Crippen LogP contribution in [0.4, 0.5) is 0 Å². The number of carboxylic acid groups (broad SMARTS) is 1. The summed E-state index contributed by atoms with van der Waals surface area (Å²) in [4.78, 5) is 10.9. The lowest BCUT2D eigenvalue weighted by molar-refractivity contribution is 0.0695. The number of hydrogen-bond donors (Lipinski definition) is 1. The molecule has 0 amide bonds. The van der Waals surface area contributed by atoms with Gasteiger partial charge in [0.05, 0.1) is 5.56 Å². The topological polar surface area (TPSA) is 37.3 Å². The lowest BCUT2D eigenvalue weighted by Crippen LogP contribution is -2.09. The van der Waals surface area contributed by atoms with Crippen molar-refractivity contribution in [3.05, 3.63) is 35.4 Å². The molecule has 0 aliphatic carbocycles. The van der Waals surface area contributed by atoms with E-state index in [9.17, 15) is 4.79 Å². The third-order valence-corrected chi connectivity index (χ3v) is 3.57. The fraction of sp³-hybridized carbons (Fsp3) is 0.300. The molecule has 0 aliphatic rings. The van der Waals surface area contributed by atoms with Crippen molar-refractivity contribution in [2.24, 2.45) is 0 Å². The van der Waals surface area contributed by atoms with Crippen molar-refractivity contribution < 1.29 is 9.90 Å². The molecule has 0 spiro atoms. The van der Waals surface area contributed by atoms with Crippen LogP contribution in [0.2, 0.25) is 0 Å². The van der Waals surface area contributed by atoms with E-state index in [1.54, 1.807) is 12.1 Å². The van der Waals surface area contributed by atoms with Crippen LogP contribution in [0.15, 0.2) is 24.3 Å². The van der Waals surface area contributed by atoms with E-state index >= 15 is 0 Å². The van der Waals surface area contributed by atoms with Gasteiger partial charge in [-0.05, 0) is 11.6 Å². The summed E-state index contributed by atoms with van der Waals surface area (Å²) in [5.74, 6) is -0.671.